The van der Waals surface area contributed by atoms with Crippen molar-refractivity contribution >= 4 is 12.0 Å². The number of hydrogen-bond acceptors (Lipinski definition) is 4. The van der Waals surface area contributed by atoms with Gasteiger partial charge in [-0.05, 0) is 13.8 Å². The van der Waals surface area contributed by atoms with Crippen molar-refractivity contribution in [2.45, 2.75) is 32.1 Å². The number of carboxylic acid groups (broad SMARTS) is 1. The highest BCUT2D eigenvalue weighted by Gasteiger charge is 2.36. The largest absolute Gasteiger partial charge is 0.481 e. The molecule has 2 rings (SSSR count). The Balaban J connectivity index is 1.91. The molecule has 0 aromatic heterocycles. The minimum absolute atomic E-state index is 0.00963. The van der Waals surface area contributed by atoms with E-state index in [1.54, 1.807) is 4.90 Å². The van der Waals surface area contributed by atoms with Crippen LogP contribution in [0.5, 0.6) is 0 Å². The minimum Gasteiger partial charge on any atom is -0.481 e. The standard InChI is InChI=1S/C12H20N2O5/c1-7-3-14(4-8(2)19-7)12(17)13-10-6-18-5-9(10)11(15)16/h7-10H,3-6H2,1-2H3,(H,13,17)(H,15,16). The van der Waals surface area contributed by atoms with Crippen molar-refractivity contribution in [3.05, 3.63) is 0 Å². The number of amides is 2. The molecule has 2 amide bonds. The Labute approximate surface area is 111 Å². The highest BCUT2D eigenvalue weighted by molar-refractivity contribution is 5.77. The number of rotatable bonds is 2. The summed E-state index contributed by atoms with van der Waals surface area (Å²) in [7, 11) is 0. The van der Waals surface area contributed by atoms with Crippen molar-refractivity contribution in [2.24, 2.45) is 5.92 Å². The Morgan fingerprint density at radius 3 is 2.42 bits per heavy atom. The Morgan fingerprint density at radius 2 is 1.84 bits per heavy atom. The maximum atomic E-state index is 12.1. The first-order valence-electron chi connectivity index (χ1n) is 6.49. The number of nitrogens with zero attached hydrogens (tertiary/aromatic N) is 1. The summed E-state index contributed by atoms with van der Waals surface area (Å²) in [6.45, 7) is 5.25. The molecule has 2 aliphatic heterocycles. The zero-order valence-electron chi connectivity index (χ0n) is 11.2. The lowest BCUT2D eigenvalue weighted by Crippen LogP contribution is -2.55. The third kappa shape index (κ3) is 3.36. The van der Waals surface area contributed by atoms with E-state index in [9.17, 15) is 9.59 Å². The van der Waals surface area contributed by atoms with E-state index < -0.39 is 17.9 Å². The predicted molar refractivity (Wildman–Crippen MR) is 65.8 cm³/mol. The van der Waals surface area contributed by atoms with Gasteiger partial charge in [0.25, 0.3) is 0 Å². The highest BCUT2D eigenvalue weighted by atomic mass is 16.5. The smallest absolute Gasteiger partial charge is 0.317 e. The molecule has 0 aromatic carbocycles. The molecule has 2 fully saturated rings. The zero-order chi connectivity index (χ0) is 14.0. The Kier molecular flexibility index (Phi) is 4.26. The number of hydrogen-bond donors (Lipinski definition) is 2. The molecule has 0 bridgehead atoms. The quantitative estimate of drug-likeness (QED) is 0.733. The van der Waals surface area contributed by atoms with Gasteiger partial charge in [-0.15, -0.1) is 0 Å². The van der Waals surface area contributed by atoms with Crippen LogP contribution in [0.25, 0.3) is 0 Å². The number of ether oxygens (including phenoxy) is 2. The van der Waals surface area contributed by atoms with Crippen LogP contribution in [0.15, 0.2) is 0 Å². The first-order valence-corrected chi connectivity index (χ1v) is 6.49. The molecule has 2 heterocycles. The lowest BCUT2D eigenvalue weighted by molar-refractivity contribution is -0.142. The number of carbonyl (C=O) groups is 2. The third-order valence-corrected chi connectivity index (χ3v) is 3.41. The summed E-state index contributed by atoms with van der Waals surface area (Å²) in [5, 5.41) is 11.8. The average Bonchev–Trinajstić information content (AvgIpc) is 2.75. The topological polar surface area (TPSA) is 88.1 Å². The summed E-state index contributed by atoms with van der Waals surface area (Å²) in [6, 6.07) is -0.706. The molecule has 4 unspecified atom stereocenters. The fourth-order valence-electron chi connectivity index (χ4n) is 2.53. The molecule has 0 saturated carbocycles. The number of morpholine rings is 1. The summed E-state index contributed by atoms with van der Waals surface area (Å²) in [6.07, 6.45) is -0.0193. The van der Waals surface area contributed by atoms with E-state index in [-0.39, 0.29) is 31.5 Å². The Hall–Kier alpha value is -1.34. The van der Waals surface area contributed by atoms with Gasteiger partial charge in [0.05, 0.1) is 31.5 Å². The molecule has 108 valence electrons. The molecule has 7 heteroatoms. The molecule has 2 saturated heterocycles. The summed E-state index contributed by atoms with van der Waals surface area (Å²) in [5.74, 6) is -1.61. The van der Waals surface area contributed by atoms with Gasteiger partial charge in [-0.2, -0.15) is 0 Å². The van der Waals surface area contributed by atoms with E-state index in [0.717, 1.165) is 0 Å². The highest BCUT2D eigenvalue weighted by Crippen LogP contribution is 2.16. The molecule has 2 N–H and O–H groups in total. The van der Waals surface area contributed by atoms with Crippen LogP contribution in [0.1, 0.15) is 13.8 Å². The first kappa shape index (κ1) is 14.1. The van der Waals surface area contributed by atoms with E-state index in [1.807, 2.05) is 13.8 Å². The van der Waals surface area contributed by atoms with Crippen molar-refractivity contribution in [3.63, 3.8) is 0 Å². The summed E-state index contributed by atoms with van der Waals surface area (Å²) in [4.78, 5) is 24.8. The minimum atomic E-state index is -0.938. The van der Waals surface area contributed by atoms with Crippen LogP contribution in [-0.4, -0.2) is 66.6 Å². The van der Waals surface area contributed by atoms with Gasteiger partial charge in [0.15, 0.2) is 0 Å². The molecule has 2 aliphatic rings. The summed E-state index contributed by atoms with van der Waals surface area (Å²) >= 11 is 0. The molecule has 0 radical (unpaired) electrons. The van der Waals surface area contributed by atoms with Crippen LogP contribution in [0.2, 0.25) is 0 Å². The average molecular weight is 272 g/mol. The maximum Gasteiger partial charge on any atom is 0.317 e. The van der Waals surface area contributed by atoms with Crippen molar-refractivity contribution in [3.8, 4) is 0 Å². The van der Waals surface area contributed by atoms with Gasteiger partial charge in [0, 0.05) is 13.1 Å². The van der Waals surface area contributed by atoms with E-state index in [1.165, 1.54) is 0 Å². The SMILES string of the molecule is CC1CN(C(=O)NC2COCC2C(=O)O)CC(C)O1. The Morgan fingerprint density at radius 1 is 1.21 bits per heavy atom. The second kappa shape index (κ2) is 5.75. The van der Waals surface area contributed by atoms with Gasteiger partial charge in [-0.25, -0.2) is 4.79 Å². The van der Waals surface area contributed by atoms with Gasteiger partial charge in [0.1, 0.15) is 5.92 Å². The van der Waals surface area contributed by atoms with Gasteiger partial charge in [-0.3, -0.25) is 4.79 Å². The lowest BCUT2D eigenvalue weighted by atomic mass is 10.0. The molecule has 0 aliphatic carbocycles. The molecular formula is C12H20N2O5. The summed E-state index contributed by atoms with van der Waals surface area (Å²) in [5.41, 5.74) is 0. The number of aliphatic carboxylic acids is 1. The fourth-order valence-corrected chi connectivity index (χ4v) is 2.53. The van der Waals surface area contributed by atoms with Crippen molar-refractivity contribution in [1.82, 2.24) is 10.2 Å². The van der Waals surface area contributed by atoms with E-state index in [0.29, 0.717) is 13.1 Å². The van der Waals surface area contributed by atoms with Crippen LogP contribution >= 0.6 is 0 Å². The second-order valence-corrected chi connectivity index (χ2v) is 5.20. The monoisotopic (exact) mass is 272 g/mol. The van der Waals surface area contributed by atoms with E-state index >= 15 is 0 Å². The first-order chi connectivity index (χ1) is 8.97. The lowest BCUT2D eigenvalue weighted by Gasteiger charge is -2.36. The molecular weight excluding hydrogens is 252 g/mol. The van der Waals surface area contributed by atoms with Gasteiger partial charge in [0.2, 0.25) is 0 Å². The van der Waals surface area contributed by atoms with E-state index in [4.69, 9.17) is 14.6 Å². The Bertz CT molecular complexity index is 352. The second-order valence-electron chi connectivity index (χ2n) is 5.20. The van der Waals surface area contributed by atoms with E-state index in [2.05, 4.69) is 5.32 Å². The third-order valence-electron chi connectivity index (χ3n) is 3.41. The van der Waals surface area contributed by atoms with Crippen molar-refractivity contribution < 1.29 is 24.2 Å². The van der Waals surface area contributed by atoms with Crippen molar-refractivity contribution in [2.75, 3.05) is 26.3 Å². The van der Waals surface area contributed by atoms with Crippen LogP contribution in [0.4, 0.5) is 4.79 Å². The molecule has 7 nitrogen and oxygen atoms in total. The number of carboxylic acids is 1. The maximum absolute atomic E-state index is 12.1. The molecule has 0 aromatic rings. The molecule has 0 spiro atoms. The number of nitrogens with one attached hydrogen (secondary N) is 1. The molecule has 19 heavy (non-hydrogen) atoms. The zero-order valence-corrected chi connectivity index (χ0v) is 11.2. The van der Waals surface area contributed by atoms with Crippen LogP contribution in [-0.2, 0) is 14.3 Å². The predicted octanol–water partition coefficient (Wildman–Crippen LogP) is -0.0952. The van der Waals surface area contributed by atoms with Gasteiger partial charge < -0.3 is 24.8 Å². The van der Waals surface area contributed by atoms with Gasteiger partial charge >= 0.3 is 12.0 Å². The van der Waals surface area contributed by atoms with Gasteiger partial charge in [-0.1, -0.05) is 0 Å². The van der Waals surface area contributed by atoms with Crippen LogP contribution in [0.3, 0.4) is 0 Å². The number of carbonyl (C=O) groups excluding carboxylic acids is 1. The number of urea groups is 1. The fraction of sp³-hybridized carbons (Fsp3) is 0.833. The van der Waals surface area contributed by atoms with Crippen LogP contribution in [0, 0.1) is 5.92 Å². The normalized spacial score (nSPS) is 35.2. The molecule has 4 atom stereocenters. The van der Waals surface area contributed by atoms with Crippen molar-refractivity contribution in [1.29, 1.82) is 0 Å². The van der Waals surface area contributed by atoms with Crippen LogP contribution < -0.4 is 5.32 Å². The summed E-state index contributed by atoms with van der Waals surface area (Å²) < 4.78 is 10.7.